The molecule has 1 fully saturated rings. The minimum absolute atomic E-state index is 0.0585. The van der Waals surface area contributed by atoms with E-state index in [2.05, 4.69) is 11.0 Å². The Bertz CT molecular complexity index is 912. The molecule has 0 saturated carbocycles. The summed E-state index contributed by atoms with van der Waals surface area (Å²) in [6.07, 6.45) is 0. The van der Waals surface area contributed by atoms with E-state index < -0.39 is 0 Å². The molecular formula is C22H22N2O3. The van der Waals surface area contributed by atoms with Crippen molar-refractivity contribution in [1.82, 2.24) is 4.90 Å². The molecule has 4 rings (SSSR count). The number of hydrogen-bond donors (Lipinski definition) is 0. The van der Waals surface area contributed by atoms with Crippen molar-refractivity contribution in [2.24, 2.45) is 0 Å². The van der Waals surface area contributed by atoms with Crippen LogP contribution in [-0.2, 0) is 0 Å². The number of amides is 1. The van der Waals surface area contributed by atoms with E-state index in [1.807, 2.05) is 59.5 Å². The fourth-order valence-electron chi connectivity index (χ4n) is 3.41. The summed E-state index contributed by atoms with van der Waals surface area (Å²) < 4.78 is 11.3. The lowest BCUT2D eigenvalue weighted by Crippen LogP contribution is -2.48. The van der Waals surface area contributed by atoms with Crippen LogP contribution in [0.25, 0.3) is 11.3 Å². The van der Waals surface area contributed by atoms with E-state index in [1.54, 1.807) is 13.2 Å². The van der Waals surface area contributed by atoms with Gasteiger partial charge in [0.1, 0.15) is 11.5 Å². The summed E-state index contributed by atoms with van der Waals surface area (Å²) in [5.74, 6) is 1.90. The van der Waals surface area contributed by atoms with Gasteiger partial charge in [0.25, 0.3) is 5.91 Å². The molecule has 0 aliphatic carbocycles. The first-order chi connectivity index (χ1) is 13.3. The second-order valence-electron chi connectivity index (χ2n) is 6.48. The number of piperazine rings is 1. The predicted octanol–water partition coefficient (Wildman–Crippen LogP) is 3.92. The third kappa shape index (κ3) is 3.53. The smallest absolute Gasteiger partial charge is 0.289 e. The topological polar surface area (TPSA) is 45.9 Å². The van der Waals surface area contributed by atoms with Crippen molar-refractivity contribution >= 4 is 11.6 Å². The van der Waals surface area contributed by atoms with Crippen LogP contribution < -0.4 is 9.64 Å². The number of rotatable bonds is 4. The van der Waals surface area contributed by atoms with Crippen LogP contribution in [0.15, 0.2) is 71.1 Å². The molecule has 0 spiro atoms. The van der Waals surface area contributed by atoms with Gasteiger partial charge in [-0.15, -0.1) is 0 Å². The molecule has 138 valence electrons. The number of nitrogens with zero attached hydrogens (tertiary/aromatic N) is 2. The summed E-state index contributed by atoms with van der Waals surface area (Å²) in [4.78, 5) is 16.9. The van der Waals surface area contributed by atoms with E-state index in [0.29, 0.717) is 24.6 Å². The molecule has 2 heterocycles. The van der Waals surface area contributed by atoms with Crippen LogP contribution >= 0.6 is 0 Å². The third-order valence-corrected chi connectivity index (χ3v) is 4.87. The Morgan fingerprint density at radius 2 is 1.59 bits per heavy atom. The van der Waals surface area contributed by atoms with Crippen LogP contribution in [0.1, 0.15) is 10.6 Å². The molecule has 5 nitrogen and oxygen atoms in total. The Labute approximate surface area is 158 Å². The molecule has 3 aromatic rings. The van der Waals surface area contributed by atoms with Crippen LogP contribution in [0.3, 0.4) is 0 Å². The summed E-state index contributed by atoms with van der Waals surface area (Å²) in [6.45, 7) is 2.83. The number of carbonyl (C=O) groups is 1. The van der Waals surface area contributed by atoms with Crippen LogP contribution in [0, 0.1) is 0 Å². The van der Waals surface area contributed by atoms with E-state index in [-0.39, 0.29) is 5.91 Å². The second-order valence-corrected chi connectivity index (χ2v) is 6.48. The maximum atomic E-state index is 12.8. The third-order valence-electron chi connectivity index (χ3n) is 4.87. The summed E-state index contributed by atoms with van der Waals surface area (Å²) in [5, 5.41) is 0. The first-order valence-corrected chi connectivity index (χ1v) is 9.09. The molecule has 27 heavy (non-hydrogen) atoms. The largest absolute Gasteiger partial charge is 0.495 e. The molecule has 0 bridgehead atoms. The highest BCUT2D eigenvalue weighted by atomic mass is 16.5. The predicted molar refractivity (Wildman–Crippen MR) is 105 cm³/mol. The molecule has 2 aromatic carbocycles. The number of furan rings is 1. The number of ether oxygens (including phenoxy) is 1. The highest BCUT2D eigenvalue weighted by Gasteiger charge is 2.25. The zero-order chi connectivity index (χ0) is 18.6. The van der Waals surface area contributed by atoms with Gasteiger partial charge in [0.2, 0.25) is 0 Å². The minimum Gasteiger partial charge on any atom is -0.495 e. The lowest BCUT2D eigenvalue weighted by Gasteiger charge is -2.36. The summed E-state index contributed by atoms with van der Waals surface area (Å²) in [5.41, 5.74) is 2.04. The first kappa shape index (κ1) is 17.2. The number of benzene rings is 2. The Balaban J connectivity index is 1.43. The molecule has 5 heteroatoms. The van der Waals surface area contributed by atoms with Crippen LogP contribution in [0.2, 0.25) is 0 Å². The highest BCUT2D eigenvalue weighted by Crippen LogP contribution is 2.29. The van der Waals surface area contributed by atoms with Crippen molar-refractivity contribution in [1.29, 1.82) is 0 Å². The Kier molecular flexibility index (Phi) is 4.83. The van der Waals surface area contributed by atoms with E-state index in [0.717, 1.165) is 30.1 Å². The van der Waals surface area contributed by atoms with Crippen molar-refractivity contribution < 1.29 is 13.9 Å². The van der Waals surface area contributed by atoms with Crippen molar-refractivity contribution in [3.63, 3.8) is 0 Å². The van der Waals surface area contributed by atoms with E-state index >= 15 is 0 Å². The van der Waals surface area contributed by atoms with Gasteiger partial charge in [0.05, 0.1) is 12.8 Å². The minimum atomic E-state index is -0.0585. The lowest BCUT2D eigenvalue weighted by atomic mass is 10.2. The van der Waals surface area contributed by atoms with Crippen LogP contribution in [-0.4, -0.2) is 44.1 Å². The molecule has 1 aliphatic rings. The van der Waals surface area contributed by atoms with Crippen molar-refractivity contribution in [3.8, 4) is 17.1 Å². The van der Waals surface area contributed by atoms with Crippen molar-refractivity contribution in [3.05, 3.63) is 72.5 Å². The van der Waals surface area contributed by atoms with Crippen LogP contribution in [0.5, 0.6) is 5.75 Å². The maximum absolute atomic E-state index is 12.8. The average Bonchev–Trinajstić information content (AvgIpc) is 3.24. The Morgan fingerprint density at radius 3 is 2.33 bits per heavy atom. The number of hydrogen-bond acceptors (Lipinski definition) is 4. The number of carbonyl (C=O) groups excluding carboxylic acids is 1. The van der Waals surface area contributed by atoms with Gasteiger partial charge in [-0.25, -0.2) is 0 Å². The van der Waals surface area contributed by atoms with Crippen molar-refractivity contribution in [2.45, 2.75) is 0 Å². The van der Waals surface area contributed by atoms with E-state index in [1.165, 1.54) is 0 Å². The standard InChI is InChI=1S/C22H22N2O3/c1-26-20-10-6-5-9-18(20)23-13-15-24(16-14-23)22(25)21-12-11-19(27-21)17-7-3-2-4-8-17/h2-12H,13-16H2,1H3. The van der Waals surface area contributed by atoms with Gasteiger partial charge in [0.15, 0.2) is 5.76 Å². The summed E-state index contributed by atoms with van der Waals surface area (Å²) >= 11 is 0. The highest BCUT2D eigenvalue weighted by molar-refractivity contribution is 5.92. The second kappa shape index (κ2) is 7.58. The summed E-state index contributed by atoms with van der Waals surface area (Å²) in [6, 6.07) is 21.4. The molecule has 1 amide bonds. The van der Waals surface area contributed by atoms with Gasteiger partial charge >= 0.3 is 0 Å². The summed E-state index contributed by atoms with van der Waals surface area (Å²) in [7, 11) is 1.68. The maximum Gasteiger partial charge on any atom is 0.289 e. The molecule has 0 unspecified atom stereocenters. The fourth-order valence-corrected chi connectivity index (χ4v) is 3.41. The average molecular weight is 362 g/mol. The molecule has 0 atom stereocenters. The SMILES string of the molecule is COc1ccccc1N1CCN(C(=O)c2ccc(-c3ccccc3)o2)CC1. The molecular weight excluding hydrogens is 340 g/mol. The molecule has 1 aliphatic heterocycles. The van der Waals surface area contributed by atoms with Gasteiger partial charge in [-0.1, -0.05) is 42.5 Å². The zero-order valence-corrected chi connectivity index (χ0v) is 15.3. The van der Waals surface area contributed by atoms with Crippen LogP contribution in [0.4, 0.5) is 5.69 Å². The lowest BCUT2D eigenvalue weighted by molar-refractivity contribution is 0.0715. The number of para-hydroxylation sites is 2. The Hall–Kier alpha value is -3.21. The van der Waals surface area contributed by atoms with Gasteiger partial charge < -0.3 is 19.0 Å². The molecule has 1 aromatic heterocycles. The number of methoxy groups -OCH3 is 1. The van der Waals surface area contributed by atoms with Gasteiger partial charge in [0, 0.05) is 31.7 Å². The zero-order valence-electron chi connectivity index (χ0n) is 15.3. The van der Waals surface area contributed by atoms with Crippen molar-refractivity contribution in [2.75, 3.05) is 38.2 Å². The number of anilines is 1. The van der Waals surface area contributed by atoms with E-state index in [9.17, 15) is 4.79 Å². The normalized spacial score (nSPS) is 14.3. The first-order valence-electron chi connectivity index (χ1n) is 9.09. The molecule has 0 radical (unpaired) electrons. The Morgan fingerprint density at radius 1 is 0.889 bits per heavy atom. The quantitative estimate of drug-likeness (QED) is 0.706. The van der Waals surface area contributed by atoms with Gasteiger partial charge in [-0.2, -0.15) is 0 Å². The molecule has 1 saturated heterocycles. The van der Waals surface area contributed by atoms with Gasteiger partial charge in [-0.05, 0) is 24.3 Å². The van der Waals surface area contributed by atoms with Gasteiger partial charge in [-0.3, -0.25) is 4.79 Å². The molecule has 0 N–H and O–H groups in total. The van der Waals surface area contributed by atoms with E-state index in [4.69, 9.17) is 9.15 Å². The fraction of sp³-hybridized carbons (Fsp3) is 0.227. The monoisotopic (exact) mass is 362 g/mol.